The number of rotatable bonds is 3. The Kier molecular flexibility index (Phi) is 3.98. The van der Waals surface area contributed by atoms with Gasteiger partial charge >= 0.3 is 0 Å². The average Bonchev–Trinajstić information content (AvgIpc) is 2.26. The van der Waals surface area contributed by atoms with Crippen LogP contribution in [0.2, 0.25) is 5.15 Å². The molecule has 18 heavy (non-hydrogen) atoms. The van der Waals surface area contributed by atoms with Gasteiger partial charge in [0.25, 0.3) is 0 Å². The minimum absolute atomic E-state index is 0.258. The molecule has 0 bridgehead atoms. The molecule has 2 rings (SSSR count). The van der Waals surface area contributed by atoms with Gasteiger partial charge in [-0.3, -0.25) is 0 Å². The van der Waals surface area contributed by atoms with E-state index in [2.05, 4.69) is 15.3 Å². The quantitative estimate of drug-likeness (QED) is 0.528. The number of benzene rings is 1. The zero-order valence-electron chi connectivity index (χ0n) is 9.25. The number of aromatic nitrogens is 2. The smallest absolute Gasteiger partial charge is 0.190 e. The molecule has 0 aliphatic heterocycles. The molecule has 1 aromatic heterocycles. The number of hydrogen-bond donors (Lipinski definition) is 1. The van der Waals surface area contributed by atoms with Crippen molar-refractivity contribution >= 4 is 34.9 Å². The van der Waals surface area contributed by atoms with Crippen molar-refractivity contribution < 1.29 is 8.78 Å². The molecular weight excluding hydrogens is 280 g/mol. The Morgan fingerprint density at radius 3 is 2.39 bits per heavy atom. The van der Waals surface area contributed by atoms with Crippen LogP contribution < -0.4 is 5.32 Å². The van der Waals surface area contributed by atoms with Crippen molar-refractivity contribution in [2.45, 2.75) is 5.16 Å². The van der Waals surface area contributed by atoms with Crippen molar-refractivity contribution in [2.24, 2.45) is 0 Å². The Morgan fingerprint density at radius 1 is 1.11 bits per heavy atom. The molecule has 1 heterocycles. The third-order valence-electron chi connectivity index (χ3n) is 1.99. The average molecular weight is 288 g/mol. The summed E-state index contributed by atoms with van der Waals surface area (Å²) >= 11 is 7.12. The molecule has 7 heteroatoms. The van der Waals surface area contributed by atoms with E-state index in [4.69, 9.17) is 11.6 Å². The topological polar surface area (TPSA) is 37.8 Å². The lowest BCUT2D eigenvalue weighted by molar-refractivity contribution is 0.584. The van der Waals surface area contributed by atoms with Crippen molar-refractivity contribution in [3.05, 3.63) is 41.1 Å². The normalized spacial score (nSPS) is 10.4. The molecule has 1 aromatic carbocycles. The first-order valence-electron chi connectivity index (χ1n) is 4.88. The summed E-state index contributed by atoms with van der Waals surface area (Å²) < 4.78 is 26.0. The largest absolute Gasteiger partial charge is 0.340 e. The van der Waals surface area contributed by atoms with Crippen molar-refractivity contribution in [3.63, 3.8) is 0 Å². The standard InChI is InChI=1S/C11H8ClF2N3S/c1-18-11-16-9(12)5-10(17-11)15-8-3-6(13)2-7(14)4-8/h2-5H,1H3,(H,15,16,17). The van der Waals surface area contributed by atoms with Gasteiger partial charge in [0.1, 0.15) is 22.6 Å². The first-order chi connectivity index (χ1) is 8.56. The van der Waals surface area contributed by atoms with E-state index in [0.717, 1.165) is 18.2 Å². The van der Waals surface area contributed by atoms with Gasteiger partial charge in [-0.05, 0) is 18.4 Å². The van der Waals surface area contributed by atoms with Crippen molar-refractivity contribution in [1.82, 2.24) is 9.97 Å². The summed E-state index contributed by atoms with van der Waals surface area (Å²) in [4.78, 5) is 8.08. The van der Waals surface area contributed by atoms with Gasteiger partial charge in [-0.1, -0.05) is 23.4 Å². The van der Waals surface area contributed by atoms with Gasteiger partial charge in [-0.15, -0.1) is 0 Å². The van der Waals surface area contributed by atoms with E-state index in [9.17, 15) is 8.78 Å². The highest BCUT2D eigenvalue weighted by Crippen LogP contribution is 2.21. The van der Waals surface area contributed by atoms with E-state index in [1.807, 2.05) is 0 Å². The van der Waals surface area contributed by atoms with Crippen LogP contribution in [0, 0.1) is 11.6 Å². The Hall–Kier alpha value is -1.40. The lowest BCUT2D eigenvalue weighted by Gasteiger charge is -2.07. The van der Waals surface area contributed by atoms with Crippen molar-refractivity contribution in [3.8, 4) is 0 Å². The van der Waals surface area contributed by atoms with Crippen molar-refractivity contribution in [2.75, 3.05) is 11.6 Å². The van der Waals surface area contributed by atoms with E-state index in [0.29, 0.717) is 11.0 Å². The Balaban J connectivity index is 2.30. The van der Waals surface area contributed by atoms with Crippen molar-refractivity contribution in [1.29, 1.82) is 0 Å². The Bertz CT molecular complexity index is 560. The molecule has 3 nitrogen and oxygen atoms in total. The van der Waals surface area contributed by atoms with Crippen LogP contribution in [0.5, 0.6) is 0 Å². The lowest BCUT2D eigenvalue weighted by atomic mass is 10.3. The second kappa shape index (κ2) is 5.49. The molecule has 0 spiro atoms. The Labute approximate surface area is 112 Å². The second-order valence-corrected chi connectivity index (χ2v) is 4.51. The van der Waals surface area contributed by atoms with E-state index in [1.54, 1.807) is 6.26 Å². The van der Waals surface area contributed by atoms with Gasteiger partial charge in [-0.25, -0.2) is 18.7 Å². The third-order valence-corrected chi connectivity index (χ3v) is 2.73. The maximum absolute atomic E-state index is 13.0. The molecule has 0 saturated heterocycles. The number of thioether (sulfide) groups is 1. The minimum atomic E-state index is -0.664. The van der Waals surface area contributed by atoms with Crippen LogP contribution in [0.15, 0.2) is 29.4 Å². The molecule has 94 valence electrons. The minimum Gasteiger partial charge on any atom is -0.340 e. The molecule has 1 N–H and O–H groups in total. The van der Waals surface area contributed by atoms with Crippen LogP contribution in [-0.2, 0) is 0 Å². The van der Waals surface area contributed by atoms with E-state index in [1.165, 1.54) is 17.8 Å². The van der Waals surface area contributed by atoms with Crippen LogP contribution in [0.4, 0.5) is 20.3 Å². The maximum atomic E-state index is 13.0. The van der Waals surface area contributed by atoms with E-state index in [-0.39, 0.29) is 10.8 Å². The molecular formula is C11H8ClF2N3S. The fourth-order valence-electron chi connectivity index (χ4n) is 1.33. The first kappa shape index (κ1) is 13.0. The van der Waals surface area contributed by atoms with Crippen LogP contribution >= 0.6 is 23.4 Å². The van der Waals surface area contributed by atoms with Crippen LogP contribution in [-0.4, -0.2) is 16.2 Å². The summed E-state index contributed by atoms with van der Waals surface area (Å²) in [5.74, 6) is -0.949. The third kappa shape index (κ3) is 3.30. The van der Waals surface area contributed by atoms with Gasteiger partial charge in [0.15, 0.2) is 5.16 Å². The predicted octanol–water partition coefficient (Wildman–Crippen LogP) is 3.87. The van der Waals surface area contributed by atoms with Gasteiger partial charge < -0.3 is 5.32 Å². The number of hydrogen-bond acceptors (Lipinski definition) is 4. The van der Waals surface area contributed by atoms with Gasteiger partial charge in [0.05, 0.1) is 0 Å². The fourth-order valence-corrected chi connectivity index (χ4v) is 1.94. The molecule has 0 aliphatic carbocycles. The van der Waals surface area contributed by atoms with Gasteiger partial charge in [0.2, 0.25) is 0 Å². The lowest BCUT2D eigenvalue weighted by Crippen LogP contribution is -1.97. The summed E-state index contributed by atoms with van der Waals surface area (Å²) in [5.41, 5.74) is 0.259. The number of nitrogens with zero attached hydrogens (tertiary/aromatic N) is 2. The highest BCUT2D eigenvalue weighted by atomic mass is 35.5. The zero-order valence-corrected chi connectivity index (χ0v) is 10.8. The highest BCUT2D eigenvalue weighted by Gasteiger charge is 2.05. The molecule has 0 saturated carbocycles. The maximum Gasteiger partial charge on any atom is 0.190 e. The monoisotopic (exact) mass is 287 g/mol. The molecule has 2 aromatic rings. The molecule has 0 unspecified atom stereocenters. The SMILES string of the molecule is CSc1nc(Cl)cc(Nc2cc(F)cc(F)c2)n1. The summed E-state index contributed by atoms with van der Waals surface area (Å²) in [6, 6.07) is 4.60. The van der Waals surface area contributed by atoms with E-state index < -0.39 is 11.6 Å². The van der Waals surface area contributed by atoms with Crippen LogP contribution in [0.1, 0.15) is 0 Å². The van der Waals surface area contributed by atoms with Gasteiger partial charge in [-0.2, -0.15) is 0 Å². The summed E-state index contributed by atoms with van der Waals surface area (Å²) in [6.45, 7) is 0. The highest BCUT2D eigenvalue weighted by molar-refractivity contribution is 7.98. The van der Waals surface area contributed by atoms with Crippen LogP contribution in [0.3, 0.4) is 0 Å². The molecule has 0 fully saturated rings. The molecule has 0 aliphatic rings. The first-order valence-corrected chi connectivity index (χ1v) is 6.49. The second-order valence-electron chi connectivity index (χ2n) is 3.35. The number of halogens is 3. The van der Waals surface area contributed by atoms with E-state index >= 15 is 0 Å². The summed E-state index contributed by atoms with van der Waals surface area (Å²) in [7, 11) is 0. The zero-order chi connectivity index (χ0) is 13.1. The number of anilines is 2. The molecule has 0 radical (unpaired) electrons. The summed E-state index contributed by atoms with van der Waals surface area (Å²) in [6.07, 6.45) is 1.80. The van der Waals surface area contributed by atoms with Crippen LogP contribution in [0.25, 0.3) is 0 Å². The summed E-state index contributed by atoms with van der Waals surface area (Å²) in [5, 5.41) is 3.50. The fraction of sp³-hybridized carbons (Fsp3) is 0.0909. The molecule has 0 atom stereocenters. The predicted molar refractivity (Wildman–Crippen MR) is 68.5 cm³/mol. The Morgan fingerprint density at radius 2 is 1.78 bits per heavy atom. The van der Waals surface area contributed by atoms with Gasteiger partial charge in [0, 0.05) is 17.8 Å². The number of nitrogens with one attached hydrogen (secondary N) is 1. The molecule has 0 amide bonds.